The molecule has 0 bridgehead atoms. The minimum atomic E-state index is -0.387. The molecule has 0 saturated carbocycles. The van der Waals surface area contributed by atoms with Crippen LogP contribution in [0.15, 0.2) is 22.7 Å². The second-order valence-electron chi connectivity index (χ2n) is 4.47. The van der Waals surface area contributed by atoms with E-state index in [4.69, 9.17) is 4.74 Å². The number of rotatable bonds is 3. The highest BCUT2D eigenvalue weighted by atomic mass is 79.9. The molecule has 0 aliphatic carbocycles. The quantitative estimate of drug-likeness (QED) is 0.686. The fraction of sp³-hybridized carbons (Fsp3) is 0.500. The summed E-state index contributed by atoms with van der Waals surface area (Å²) in [6, 6.07) is 5.42. The topological polar surface area (TPSA) is 64.4 Å². The third-order valence-corrected chi connectivity index (χ3v) is 3.67. The molecule has 1 aromatic rings. The van der Waals surface area contributed by atoms with Crippen molar-refractivity contribution in [2.75, 3.05) is 11.9 Å². The average Bonchev–Trinajstić information content (AvgIpc) is 2.31. The Morgan fingerprint density at radius 2 is 2.33 bits per heavy atom. The number of nitrogens with zero attached hydrogens (tertiary/aromatic N) is 1. The number of halogens is 1. The highest BCUT2D eigenvalue weighted by Crippen LogP contribution is 2.29. The smallest absolute Gasteiger partial charge is 0.285 e. The van der Waals surface area contributed by atoms with Crippen LogP contribution in [-0.2, 0) is 4.74 Å². The van der Waals surface area contributed by atoms with E-state index in [0.717, 1.165) is 25.1 Å². The van der Waals surface area contributed by atoms with Crippen LogP contribution in [0.2, 0.25) is 0 Å². The van der Waals surface area contributed by atoms with E-state index in [1.807, 2.05) is 13.0 Å². The van der Waals surface area contributed by atoms with Crippen LogP contribution in [0.4, 0.5) is 11.4 Å². The van der Waals surface area contributed by atoms with Crippen molar-refractivity contribution >= 4 is 27.3 Å². The SMILES string of the molecule is CC1CC(Nc2ccc(Br)c([N+](=O)[O-])c2)CCO1. The van der Waals surface area contributed by atoms with Crippen LogP contribution < -0.4 is 5.32 Å². The normalized spacial score (nSPS) is 23.7. The first-order valence-corrected chi connectivity index (χ1v) is 6.67. The molecule has 5 nitrogen and oxygen atoms in total. The lowest BCUT2D eigenvalue weighted by atomic mass is 10.0. The number of benzene rings is 1. The van der Waals surface area contributed by atoms with Crippen LogP contribution in [0, 0.1) is 10.1 Å². The fourth-order valence-corrected chi connectivity index (χ4v) is 2.50. The van der Waals surface area contributed by atoms with Gasteiger partial charge in [-0.1, -0.05) is 0 Å². The standard InChI is InChI=1S/C12H15BrN2O3/c1-8-6-10(4-5-18-8)14-9-2-3-11(13)12(7-9)15(16)17/h2-3,7-8,10,14H,4-6H2,1H3. The van der Waals surface area contributed by atoms with Gasteiger partial charge in [-0.15, -0.1) is 0 Å². The zero-order valence-corrected chi connectivity index (χ0v) is 11.6. The van der Waals surface area contributed by atoms with Crippen molar-refractivity contribution in [3.05, 3.63) is 32.8 Å². The molecule has 1 saturated heterocycles. The van der Waals surface area contributed by atoms with Crippen molar-refractivity contribution in [3.63, 3.8) is 0 Å². The van der Waals surface area contributed by atoms with Gasteiger partial charge in [-0.25, -0.2) is 0 Å². The van der Waals surface area contributed by atoms with Crippen LogP contribution in [0.25, 0.3) is 0 Å². The minimum Gasteiger partial charge on any atom is -0.382 e. The summed E-state index contributed by atoms with van der Waals surface area (Å²) in [5, 5.41) is 14.2. The maximum Gasteiger partial charge on any atom is 0.285 e. The molecule has 1 aliphatic heterocycles. The Hall–Kier alpha value is -1.14. The molecule has 1 N–H and O–H groups in total. The fourth-order valence-electron chi connectivity index (χ4n) is 2.11. The maximum absolute atomic E-state index is 10.8. The first-order valence-electron chi connectivity index (χ1n) is 5.88. The summed E-state index contributed by atoms with van der Waals surface area (Å²) in [6.45, 7) is 2.77. The molecule has 0 spiro atoms. The lowest BCUT2D eigenvalue weighted by Crippen LogP contribution is -2.32. The van der Waals surface area contributed by atoms with Crippen molar-refractivity contribution in [1.82, 2.24) is 0 Å². The van der Waals surface area contributed by atoms with Crippen molar-refractivity contribution < 1.29 is 9.66 Å². The molecule has 18 heavy (non-hydrogen) atoms. The van der Waals surface area contributed by atoms with E-state index in [0.29, 0.717) is 10.5 Å². The second kappa shape index (κ2) is 5.67. The molecular weight excluding hydrogens is 300 g/mol. The average molecular weight is 315 g/mol. The van der Waals surface area contributed by atoms with Crippen LogP contribution in [0.5, 0.6) is 0 Å². The first-order chi connectivity index (χ1) is 8.56. The highest BCUT2D eigenvalue weighted by Gasteiger charge is 2.20. The van der Waals surface area contributed by atoms with Crippen molar-refractivity contribution in [1.29, 1.82) is 0 Å². The molecule has 1 aliphatic rings. The van der Waals surface area contributed by atoms with Crippen LogP contribution in [0.1, 0.15) is 19.8 Å². The number of nitrogens with one attached hydrogen (secondary N) is 1. The summed E-state index contributed by atoms with van der Waals surface area (Å²) >= 11 is 3.18. The zero-order chi connectivity index (χ0) is 13.1. The summed E-state index contributed by atoms with van der Waals surface area (Å²) in [4.78, 5) is 10.5. The van der Waals surface area contributed by atoms with Gasteiger partial charge in [-0.2, -0.15) is 0 Å². The molecule has 98 valence electrons. The summed E-state index contributed by atoms with van der Waals surface area (Å²) in [7, 11) is 0. The van der Waals surface area contributed by atoms with E-state index in [2.05, 4.69) is 21.2 Å². The maximum atomic E-state index is 10.8. The monoisotopic (exact) mass is 314 g/mol. The van der Waals surface area contributed by atoms with E-state index in [9.17, 15) is 10.1 Å². The van der Waals surface area contributed by atoms with Crippen molar-refractivity contribution in [2.45, 2.75) is 31.9 Å². The predicted molar refractivity (Wildman–Crippen MR) is 72.9 cm³/mol. The number of ether oxygens (including phenoxy) is 1. The summed E-state index contributed by atoms with van der Waals surface area (Å²) in [5.74, 6) is 0. The van der Waals surface area contributed by atoms with Crippen LogP contribution in [0.3, 0.4) is 0 Å². The number of hydrogen-bond acceptors (Lipinski definition) is 4. The molecule has 2 atom stereocenters. The predicted octanol–water partition coefficient (Wildman–Crippen LogP) is 3.34. The third-order valence-electron chi connectivity index (χ3n) is 3.00. The Bertz CT molecular complexity index is 453. The van der Waals surface area contributed by atoms with Gasteiger partial charge in [0, 0.05) is 24.4 Å². The van der Waals surface area contributed by atoms with Gasteiger partial charge in [0.05, 0.1) is 15.5 Å². The zero-order valence-electron chi connectivity index (χ0n) is 10.1. The van der Waals surface area contributed by atoms with Crippen molar-refractivity contribution in [3.8, 4) is 0 Å². The Kier molecular flexibility index (Phi) is 4.19. The van der Waals surface area contributed by atoms with Gasteiger partial charge >= 0.3 is 0 Å². The van der Waals surface area contributed by atoms with E-state index in [1.165, 1.54) is 0 Å². The Balaban J connectivity index is 2.09. The van der Waals surface area contributed by atoms with E-state index in [1.54, 1.807) is 12.1 Å². The summed E-state index contributed by atoms with van der Waals surface area (Å²) < 4.78 is 5.97. The molecule has 6 heteroatoms. The molecule has 0 aromatic heterocycles. The van der Waals surface area contributed by atoms with Gasteiger partial charge in [-0.3, -0.25) is 10.1 Å². The molecule has 0 radical (unpaired) electrons. The highest BCUT2D eigenvalue weighted by molar-refractivity contribution is 9.10. The molecular formula is C12H15BrN2O3. The molecule has 1 aromatic carbocycles. The molecule has 2 unspecified atom stereocenters. The molecule has 1 fully saturated rings. The Labute approximate surface area is 114 Å². The lowest BCUT2D eigenvalue weighted by Gasteiger charge is -2.28. The number of nitro groups is 1. The van der Waals surface area contributed by atoms with Crippen LogP contribution >= 0.6 is 15.9 Å². The summed E-state index contributed by atoms with van der Waals surface area (Å²) in [5.41, 5.74) is 0.865. The second-order valence-corrected chi connectivity index (χ2v) is 5.32. The largest absolute Gasteiger partial charge is 0.382 e. The van der Waals surface area contributed by atoms with E-state index >= 15 is 0 Å². The van der Waals surface area contributed by atoms with E-state index < -0.39 is 0 Å². The van der Waals surface area contributed by atoms with Crippen molar-refractivity contribution in [2.24, 2.45) is 0 Å². The number of nitro benzene ring substituents is 1. The van der Waals surface area contributed by atoms with Gasteiger partial charge in [0.2, 0.25) is 0 Å². The minimum absolute atomic E-state index is 0.0834. The number of anilines is 1. The molecule has 2 rings (SSSR count). The van der Waals surface area contributed by atoms with Gasteiger partial charge in [0.15, 0.2) is 0 Å². The third kappa shape index (κ3) is 3.20. The molecule has 0 amide bonds. The van der Waals surface area contributed by atoms with Gasteiger partial charge < -0.3 is 10.1 Å². The number of hydrogen-bond donors (Lipinski definition) is 1. The Morgan fingerprint density at radius 1 is 1.56 bits per heavy atom. The first kappa shape index (κ1) is 13.3. The van der Waals surface area contributed by atoms with Gasteiger partial charge in [-0.05, 0) is 47.8 Å². The van der Waals surface area contributed by atoms with Crippen LogP contribution in [-0.4, -0.2) is 23.7 Å². The Morgan fingerprint density at radius 3 is 3.00 bits per heavy atom. The van der Waals surface area contributed by atoms with Gasteiger partial charge in [0.1, 0.15) is 0 Å². The summed E-state index contributed by atoms with van der Waals surface area (Å²) in [6.07, 6.45) is 2.08. The lowest BCUT2D eigenvalue weighted by molar-refractivity contribution is -0.385. The van der Waals surface area contributed by atoms with E-state index in [-0.39, 0.29) is 16.7 Å². The molecule has 1 heterocycles. The van der Waals surface area contributed by atoms with Gasteiger partial charge in [0.25, 0.3) is 5.69 Å².